The predicted molar refractivity (Wildman–Crippen MR) is 77.6 cm³/mol. The minimum absolute atomic E-state index is 0.0902. The zero-order valence-corrected chi connectivity index (χ0v) is 11.6. The molecule has 0 radical (unpaired) electrons. The monoisotopic (exact) mass is 250 g/mol. The van der Waals surface area contributed by atoms with E-state index in [1.807, 2.05) is 36.4 Å². The topological polar surface area (TPSA) is 17.1 Å². The Bertz CT molecular complexity index is 597. The summed E-state index contributed by atoms with van der Waals surface area (Å²) in [6.45, 7) is 6.71. The maximum absolute atomic E-state index is 12.6. The van der Waals surface area contributed by atoms with Crippen LogP contribution in [0.1, 0.15) is 53.7 Å². The highest BCUT2D eigenvalue weighted by atomic mass is 16.1. The second-order valence-corrected chi connectivity index (χ2v) is 6.30. The van der Waals surface area contributed by atoms with E-state index in [-0.39, 0.29) is 17.1 Å². The highest BCUT2D eigenvalue weighted by molar-refractivity contribution is 6.12. The van der Waals surface area contributed by atoms with Crippen LogP contribution in [0.3, 0.4) is 0 Å². The highest BCUT2D eigenvalue weighted by Gasteiger charge is 2.36. The van der Waals surface area contributed by atoms with Crippen LogP contribution in [0.4, 0.5) is 0 Å². The van der Waals surface area contributed by atoms with E-state index in [0.29, 0.717) is 0 Å². The van der Waals surface area contributed by atoms with Crippen LogP contribution in [0.2, 0.25) is 0 Å². The average molecular weight is 250 g/mol. The Morgan fingerprint density at radius 2 is 1.21 bits per heavy atom. The molecule has 2 aromatic carbocycles. The van der Waals surface area contributed by atoms with Crippen molar-refractivity contribution >= 4 is 5.78 Å². The lowest BCUT2D eigenvalue weighted by Crippen LogP contribution is -2.28. The van der Waals surface area contributed by atoms with E-state index in [9.17, 15) is 4.79 Å². The van der Waals surface area contributed by atoms with Crippen molar-refractivity contribution in [1.29, 1.82) is 0 Å². The quantitative estimate of drug-likeness (QED) is 0.677. The van der Waals surface area contributed by atoms with Crippen LogP contribution in [0, 0.1) is 5.41 Å². The van der Waals surface area contributed by atoms with E-state index in [1.54, 1.807) is 0 Å². The Balaban J connectivity index is 2.33. The Morgan fingerprint density at radius 3 is 1.63 bits per heavy atom. The smallest absolute Gasteiger partial charge is 0.193 e. The number of carbonyl (C=O) groups is 1. The number of hydrogen-bond acceptors (Lipinski definition) is 1. The molecule has 1 heteroatoms. The Kier molecular flexibility index (Phi) is 2.60. The van der Waals surface area contributed by atoms with E-state index in [4.69, 9.17) is 0 Å². The van der Waals surface area contributed by atoms with E-state index in [0.717, 1.165) is 11.1 Å². The molecule has 0 N–H and O–H groups in total. The summed E-state index contributed by atoms with van der Waals surface area (Å²) in [7, 11) is 0. The molecular weight excluding hydrogens is 232 g/mol. The van der Waals surface area contributed by atoms with Crippen molar-refractivity contribution in [2.24, 2.45) is 5.41 Å². The molecule has 0 amide bonds. The first-order valence-corrected chi connectivity index (χ1v) is 6.72. The summed E-state index contributed by atoms with van der Waals surface area (Å²) in [6, 6.07) is 16.0. The maximum atomic E-state index is 12.6. The third kappa shape index (κ3) is 1.81. The van der Waals surface area contributed by atoms with Gasteiger partial charge in [-0.15, -0.1) is 0 Å². The molecular formula is C18H18O. The molecule has 1 aliphatic carbocycles. The van der Waals surface area contributed by atoms with Gasteiger partial charge in [-0.25, -0.2) is 0 Å². The van der Waals surface area contributed by atoms with E-state index >= 15 is 0 Å². The number of carbonyl (C=O) groups excluding carboxylic acids is 1. The van der Waals surface area contributed by atoms with Crippen molar-refractivity contribution in [3.63, 3.8) is 0 Å². The molecule has 0 aliphatic heterocycles. The molecule has 0 saturated carbocycles. The molecule has 3 rings (SSSR count). The largest absolute Gasteiger partial charge is 0.289 e. The first kappa shape index (κ1) is 12.2. The van der Waals surface area contributed by atoms with Gasteiger partial charge in [-0.05, 0) is 16.5 Å². The van der Waals surface area contributed by atoms with Gasteiger partial charge in [0.2, 0.25) is 0 Å². The molecule has 0 heterocycles. The van der Waals surface area contributed by atoms with Crippen LogP contribution in [0.15, 0.2) is 48.5 Å². The van der Waals surface area contributed by atoms with Crippen LogP contribution >= 0.6 is 0 Å². The molecule has 0 unspecified atom stereocenters. The Morgan fingerprint density at radius 1 is 0.789 bits per heavy atom. The molecule has 1 aliphatic rings. The van der Waals surface area contributed by atoms with Crippen LogP contribution in [-0.4, -0.2) is 5.78 Å². The van der Waals surface area contributed by atoms with E-state index < -0.39 is 0 Å². The first-order chi connectivity index (χ1) is 9.00. The zero-order chi connectivity index (χ0) is 13.6. The fourth-order valence-corrected chi connectivity index (χ4v) is 3.16. The molecule has 0 aromatic heterocycles. The molecule has 0 saturated heterocycles. The van der Waals surface area contributed by atoms with Crippen molar-refractivity contribution in [2.75, 3.05) is 0 Å². The molecule has 2 aromatic rings. The van der Waals surface area contributed by atoms with Crippen molar-refractivity contribution < 1.29 is 4.79 Å². The number of rotatable bonds is 0. The Labute approximate surface area is 114 Å². The lowest BCUT2D eigenvalue weighted by Gasteiger charge is -2.36. The minimum Gasteiger partial charge on any atom is -0.289 e. The van der Waals surface area contributed by atoms with Gasteiger partial charge in [-0.3, -0.25) is 4.79 Å². The summed E-state index contributed by atoms with van der Waals surface area (Å²) in [4.78, 5) is 12.6. The van der Waals surface area contributed by atoms with Crippen molar-refractivity contribution in [3.8, 4) is 0 Å². The predicted octanol–water partition coefficient (Wildman–Crippen LogP) is 4.41. The van der Waals surface area contributed by atoms with Crippen LogP contribution < -0.4 is 0 Å². The fraction of sp³-hybridized carbons (Fsp3) is 0.278. The number of fused-ring (bicyclic) bond motifs is 2. The van der Waals surface area contributed by atoms with Gasteiger partial charge in [0.1, 0.15) is 0 Å². The van der Waals surface area contributed by atoms with Crippen molar-refractivity contribution in [3.05, 3.63) is 70.8 Å². The fourth-order valence-electron chi connectivity index (χ4n) is 3.16. The molecule has 0 spiro atoms. The zero-order valence-electron chi connectivity index (χ0n) is 11.6. The summed E-state index contributed by atoms with van der Waals surface area (Å²) in [5.41, 5.74) is 4.15. The molecule has 96 valence electrons. The van der Waals surface area contributed by atoms with Gasteiger partial charge in [0.25, 0.3) is 0 Å². The van der Waals surface area contributed by atoms with Crippen LogP contribution in [0.25, 0.3) is 0 Å². The Hall–Kier alpha value is -1.89. The average Bonchev–Trinajstić information content (AvgIpc) is 2.38. The van der Waals surface area contributed by atoms with Crippen molar-refractivity contribution in [1.82, 2.24) is 0 Å². The van der Waals surface area contributed by atoms with E-state index in [1.165, 1.54) is 11.1 Å². The maximum Gasteiger partial charge on any atom is 0.193 e. The van der Waals surface area contributed by atoms with Gasteiger partial charge in [0.05, 0.1) is 0 Å². The molecule has 19 heavy (non-hydrogen) atoms. The van der Waals surface area contributed by atoms with E-state index in [2.05, 4.69) is 32.9 Å². The SMILES string of the molecule is CC(C)(C)C1c2ccccc2C(=O)c2ccccc21. The molecule has 0 atom stereocenters. The molecule has 0 fully saturated rings. The minimum atomic E-state index is 0.0902. The molecule has 0 bridgehead atoms. The number of benzene rings is 2. The third-order valence-corrected chi connectivity index (χ3v) is 3.90. The highest BCUT2D eigenvalue weighted by Crippen LogP contribution is 2.46. The third-order valence-electron chi connectivity index (χ3n) is 3.90. The summed E-state index contributed by atoms with van der Waals surface area (Å²) < 4.78 is 0. The van der Waals surface area contributed by atoms with Gasteiger partial charge < -0.3 is 0 Å². The lowest BCUT2D eigenvalue weighted by molar-refractivity contribution is 0.103. The van der Waals surface area contributed by atoms with Crippen molar-refractivity contribution in [2.45, 2.75) is 26.7 Å². The normalized spacial score (nSPS) is 15.0. The summed E-state index contributed by atoms with van der Waals surface area (Å²) in [5.74, 6) is 0.435. The lowest BCUT2D eigenvalue weighted by atomic mass is 9.66. The van der Waals surface area contributed by atoms with Gasteiger partial charge in [-0.2, -0.15) is 0 Å². The van der Waals surface area contributed by atoms with Gasteiger partial charge >= 0.3 is 0 Å². The van der Waals surface area contributed by atoms with Gasteiger partial charge in [0, 0.05) is 17.0 Å². The van der Waals surface area contributed by atoms with Crippen LogP contribution in [-0.2, 0) is 0 Å². The number of hydrogen-bond donors (Lipinski definition) is 0. The first-order valence-electron chi connectivity index (χ1n) is 6.72. The second-order valence-electron chi connectivity index (χ2n) is 6.30. The summed E-state index contributed by atoms with van der Waals surface area (Å²) >= 11 is 0. The standard InChI is InChI=1S/C18H18O/c1-18(2,3)16-12-8-4-6-10-14(12)17(19)15-11-7-5-9-13(15)16/h4-11,16H,1-3H3. The molecule has 1 nitrogen and oxygen atoms in total. The van der Waals surface area contributed by atoms with Gasteiger partial charge in [0.15, 0.2) is 5.78 Å². The van der Waals surface area contributed by atoms with Gasteiger partial charge in [-0.1, -0.05) is 69.3 Å². The second kappa shape index (κ2) is 4.06. The summed E-state index contributed by atoms with van der Waals surface area (Å²) in [5, 5.41) is 0. The summed E-state index contributed by atoms with van der Waals surface area (Å²) in [6.07, 6.45) is 0. The number of ketones is 1. The van der Waals surface area contributed by atoms with Crippen LogP contribution in [0.5, 0.6) is 0 Å².